The molecule has 0 aromatic carbocycles. The van der Waals surface area contributed by atoms with Gasteiger partial charge in [-0.2, -0.15) is 4.37 Å². The zero-order chi connectivity index (χ0) is 9.80. The first-order valence-electron chi connectivity index (χ1n) is 4.70. The highest BCUT2D eigenvalue weighted by Crippen LogP contribution is 2.25. The zero-order valence-corrected chi connectivity index (χ0v) is 8.92. The van der Waals surface area contributed by atoms with E-state index in [4.69, 9.17) is 9.47 Å². The molecule has 0 atom stereocenters. The third-order valence-corrected chi connectivity index (χ3v) is 2.54. The highest BCUT2D eigenvalue weighted by Gasteiger charge is 2.19. The predicted molar refractivity (Wildman–Crippen MR) is 54.1 cm³/mol. The van der Waals surface area contributed by atoms with E-state index in [1.807, 2.05) is 6.92 Å². The number of hydrogen-bond donors (Lipinski definition) is 0. The molecule has 0 unspecified atom stereocenters. The number of nitrogens with zero attached hydrogens (tertiary/aromatic N) is 3. The monoisotopic (exact) mass is 215 g/mol. The summed E-state index contributed by atoms with van der Waals surface area (Å²) >= 11 is 1.19. The molecule has 0 saturated carbocycles. The number of aromatic nitrogens is 2. The van der Waals surface area contributed by atoms with E-state index in [-0.39, 0.29) is 0 Å². The fourth-order valence-corrected chi connectivity index (χ4v) is 1.89. The van der Waals surface area contributed by atoms with E-state index >= 15 is 0 Å². The van der Waals surface area contributed by atoms with Gasteiger partial charge < -0.3 is 14.4 Å². The van der Waals surface area contributed by atoms with Crippen LogP contribution < -0.4 is 9.64 Å². The minimum Gasteiger partial charge on any atom is -0.475 e. The van der Waals surface area contributed by atoms with Crippen molar-refractivity contribution in [3.63, 3.8) is 0 Å². The van der Waals surface area contributed by atoms with Crippen molar-refractivity contribution >= 4 is 17.5 Å². The van der Waals surface area contributed by atoms with Crippen LogP contribution in [0, 0.1) is 0 Å². The van der Waals surface area contributed by atoms with Gasteiger partial charge in [-0.25, -0.2) is 0 Å². The van der Waals surface area contributed by atoms with Gasteiger partial charge in [0.05, 0.1) is 31.5 Å². The van der Waals surface area contributed by atoms with Gasteiger partial charge in [-0.05, 0) is 6.92 Å². The topological polar surface area (TPSA) is 47.5 Å². The Balaban J connectivity index is 2.09. The number of rotatable bonds is 3. The number of morpholine rings is 1. The van der Waals surface area contributed by atoms with Gasteiger partial charge >= 0.3 is 0 Å². The largest absolute Gasteiger partial charge is 0.475 e. The van der Waals surface area contributed by atoms with Crippen LogP contribution in [0.2, 0.25) is 0 Å². The van der Waals surface area contributed by atoms with E-state index < -0.39 is 0 Å². The van der Waals surface area contributed by atoms with Crippen molar-refractivity contribution in [1.29, 1.82) is 0 Å². The Morgan fingerprint density at radius 3 is 2.93 bits per heavy atom. The highest BCUT2D eigenvalue weighted by atomic mass is 32.1. The second-order valence-electron chi connectivity index (χ2n) is 2.93. The van der Waals surface area contributed by atoms with Crippen molar-refractivity contribution in [3.05, 3.63) is 0 Å². The maximum Gasteiger partial charge on any atom is 0.270 e. The van der Waals surface area contributed by atoms with Gasteiger partial charge in [0.15, 0.2) is 0 Å². The molecule has 1 aliphatic rings. The summed E-state index contributed by atoms with van der Waals surface area (Å²) in [7, 11) is 0. The van der Waals surface area contributed by atoms with Gasteiger partial charge in [0.25, 0.3) is 5.88 Å². The molecule has 2 rings (SSSR count). The quantitative estimate of drug-likeness (QED) is 0.745. The summed E-state index contributed by atoms with van der Waals surface area (Å²) in [4.78, 5) is 2.15. The van der Waals surface area contributed by atoms with E-state index in [0.717, 1.165) is 32.1 Å². The van der Waals surface area contributed by atoms with Gasteiger partial charge in [-0.3, -0.25) is 0 Å². The second kappa shape index (κ2) is 4.56. The van der Waals surface area contributed by atoms with Crippen LogP contribution in [-0.2, 0) is 4.74 Å². The third kappa shape index (κ3) is 1.96. The Labute approximate surface area is 87.0 Å². The van der Waals surface area contributed by atoms with Gasteiger partial charge in [0.2, 0.25) is 5.82 Å². The van der Waals surface area contributed by atoms with Crippen LogP contribution in [0.3, 0.4) is 0 Å². The van der Waals surface area contributed by atoms with E-state index in [1.54, 1.807) is 0 Å². The molecule has 5 nitrogen and oxygen atoms in total. The summed E-state index contributed by atoms with van der Waals surface area (Å²) < 4.78 is 19.0. The molecule has 0 aliphatic carbocycles. The van der Waals surface area contributed by atoms with E-state index in [0.29, 0.717) is 12.5 Å². The molecule has 1 saturated heterocycles. The molecule has 2 heterocycles. The van der Waals surface area contributed by atoms with Gasteiger partial charge in [-0.1, -0.05) is 0 Å². The van der Waals surface area contributed by atoms with Crippen LogP contribution in [0.5, 0.6) is 5.88 Å². The Hall–Kier alpha value is -0.880. The average Bonchev–Trinajstić information content (AvgIpc) is 2.68. The molecule has 0 bridgehead atoms. The van der Waals surface area contributed by atoms with Gasteiger partial charge in [0.1, 0.15) is 0 Å². The Morgan fingerprint density at radius 1 is 1.43 bits per heavy atom. The standard InChI is InChI=1S/C8H13N3O2S/c1-2-13-8-7(9-14-10-8)11-3-5-12-6-4-11/h2-6H2,1H3. The molecule has 1 fully saturated rings. The fraction of sp³-hybridized carbons (Fsp3) is 0.750. The summed E-state index contributed by atoms with van der Waals surface area (Å²) in [6, 6.07) is 0. The lowest BCUT2D eigenvalue weighted by Crippen LogP contribution is -2.36. The summed E-state index contributed by atoms with van der Waals surface area (Å²) in [5, 5.41) is 0. The lowest BCUT2D eigenvalue weighted by atomic mass is 10.4. The van der Waals surface area contributed by atoms with E-state index in [2.05, 4.69) is 13.6 Å². The minimum absolute atomic E-state index is 0.628. The molecule has 0 spiro atoms. The molecule has 14 heavy (non-hydrogen) atoms. The molecular weight excluding hydrogens is 202 g/mol. The first-order valence-corrected chi connectivity index (χ1v) is 5.43. The Kier molecular flexibility index (Phi) is 3.15. The van der Waals surface area contributed by atoms with Crippen LogP contribution >= 0.6 is 11.7 Å². The molecule has 1 aliphatic heterocycles. The van der Waals surface area contributed by atoms with E-state index in [9.17, 15) is 0 Å². The number of anilines is 1. The van der Waals surface area contributed by atoms with E-state index in [1.165, 1.54) is 11.7 Å². The molecule has 0 amide bonds. The van der Waals surface area contributed by atoms with Crippen LogP contribution in [0.25, 0.3) is 0 Å². The number of hydrogen-bond acceptors (Lipinski definition) is 6. The van der Waals surface area contributed by atoms with Gasteiger partial charge in [-0.15, -0.1) is 4.37 Å². The van der Waals surface area contributed by atoms with Crippen LogP contribution in [0.4, 0.5) is 5.82 Å². The number of ether oxygens (including phenoxy) is 2. The first-order chi connectivity index (χ1) is 6.92. The molecule has 6 heteroatoms. The lowest BCUT2D eigenvalue weighted by molar-refractivity contribution is 0.122. The zero-order valence-electron chi connectivity index (χ0n) is 8.10. The van der Waals surface area contributed by atoms with Crippen molar-refractivity contribution in [1.82, 2.24) is 8.75 Å². The lowest BCUT2D eigenvalue weighted by Gasteiger charge is -2.26. The average molecular weight is 215 g/mol. The summed E-state index contributed by atoms with van der Waals surface area (Å²) in [5.74, 6) is 1.51. The molecule has 1 aromatic heterocycles. The molecule has 1 aromatic rings. The maximum absolute atomic E-state index is 5.38. The molecule has 0 radical (unpaired) electrons. The van der Waals surface area contributed by atoms with Crippen molar-refractivity contribution in [2.24, 2.45) is 0 Å². The first kappa shape index (κ1) is 9.67. The van der Waals surface area contributed by atoms with Crippen LogP contribution in [0.1, 0.15) is 6.92 Å². The second-order valence-corrected chi connectivity index (χ2v) is 3.45. The normalized spacial score (nSPS) is 17.1. The minimum atomic E-state index is 0.628. The predicted octanol–water partition coefficient (Wildman–Crippen LogP) is 0.773. The fourth-order valence-electron chi connectivity index (χ4n) is 1.37. The molecule has 78 valence electrons. The highest BCUT2D eigenvalue weighted by molar-refractivity contribution is 6.99. The maximum atomic E-state index is 5.38. The molecule has 0 N–H and O–H groups in total. The van der Waals surface area contributed by atoms with Crippen molar-refractivity contribution in [2.75, 3.05) is 37.8 Å². The summed E-state index contributed by atoms with van der Waals surface area (Å²) in [5.41, 5.74) is 0. The summed E-state index contributed by atoms with van der Waals surface area (Å²) in [6.45, 7) is 5.81. The Morgan fingerprint density at radius 2 is 2.21 bits per heavy atom. The van der Waals surface area contributed by atoms with Gasteiger partial charge in [0, 0.05) is 13.1 Å². The van der Waals surface area contributed by atoms with Crippen LogP contribution in [-0.4, -0.2) is 41.7 Å². The SMILES string of the molecule is CCOc1nsnc1N1CCOCC1. The van der Waals surface area contributed by atoms with Crippen molar-refractivity contribution in [2.45, 2.75) is 6.92 Å². The molecular formula is C8H13N3O2S. The summed E-state index contributed by atoms with van der Waals surface area (Å²) in [6.07, 6.45) is 0. The smallest absolute Gasteiger partial charge is 0.270 e. The van der Waals surface area contributed by atoms with Crippen molar-refractivity contribution in [3.8, 4) is 5.88 Å². The van der Waals surface area contributed by atoms with Crippen molar-refractivity contribution < 1.29 is 9.47 Å². The third-order valence-electron chi connectivity index (χ3n) is 2.03. The van der Waals surface area contributed by atoms with Crippen LogP contribution in [0.15, 0.2) is 0 Å². The Bertz CT molecular complexity index is 286.